The second kappa shape index (κ2) is 10.1. The van der Waals surface area contributed by atoms with Gasteiger partial charge in [0.05, 0.1) is 31.1 Å². The Bertz CT molecular complexity index is 887. The monoisotopic (exact) mass is 446 g/mol. The van der Waals surface area contributed by atoms with E-state index in [1.54, 1.807) is 30.2 Å². The maximum Gasteiger partial charge on any atom is 0.243 e. The molecule has 1 aromatic heterocycles. The minimum atomic E-state index is -3.76. The SMILES string of the molecule is COc1ccc(Cl)cc1N([C@@H](C)C(=O)NCCSCc1ccco1)S(C)(=O)=O. The Morgan fingerprint density at radius 2 is 2.14 bits per heavy atom. The number of nitrogens with zero attached hydrogens (tertiary/aromatic N) is 1. The number of hydrogen-bond acceptors (Lipinski definition) is 6. The molecular formula is C18H23ClN2O5S2. The van der Waals surface area contributed by atoms with Crippen LogP contribution in [0, 0.1) is 0 Å². The number of amides is 1. The van der Waals surface area contributed by atoms with Gasteiger partial charge in [-0.3, -0.25) is 9.10 Å². The number of halogens is 1. The number of ether oxygens (including phenoxy) is 1. The summed E-state index contributed by atoms with van der Waals surface area (Å²) in [5.41, 5.74) is 0.215. The van der Waals surface area contributed by atoms with Crippen molar-refractivity contribution in [2.75, 3.05) is 30.0 Å². The lowest BCUT2D eigenvalue weighted by Gasteiger charge is -2.29. The number of furan rings is 1. The Balaban J connectivity index is 2.03. The summed E-state index contributed by atoms with van der Waals surface area (Å²) in [4.78, 5) is 12.6. The largest absolute Gasteiger partial charge is 0.495 e. The summed E-state index contributed by atoms with van der Waals surface area (Å²) in [6.45, 7) is 1.92. The molecule has 10 heteroatoms. The Labute approximate surface area is 174 Å². The molecule has 7 nitrogen and oxygen atoms in total. The molecule has 1 N–H and O–H groups in total. The van der Waals surface area contributed by atoms with Gasteiger partial charge in [-0.2, -0.15) is 11.8 Å². The van der Waals surface area contributed by atoms with Crippen LogP contribution in [0.1, 0.15) is 12.7 Å². The predicted molar refractivity (Wildman–Crippen MR) is 113 cm³/mol. The van der Waals surface area contributed by atoms with Crippen molar-refractivity contribution in [3.63, 3.8) is 0 Å². The van der Waals surface area contributed by atoms with Gasteiger partial charge in [0.1, 0.15) is 17.6 Å². The molecule has 0 aliphatic heterocycles. The minimum absolute atomic E-state index is 0.215. The van der Waals surface area contributed by atoms with Gasteiger partial charge in [-0.05, 0) is 37.3 Å². The van der Waals surface area contributed by atoms with E-state index in [0.717, 1.165) is 16.3 Å². The molecule has 28 heavy (non-hydrogen) atoms. The van der Waals surface area contributed by atoms with Crippen LogP contribution >= 0.6 is 23.4 Å². The van der Waals surface area contributed by atoms with Crippen LogP contribution in [-0.2, 0) is 20.6 Å². The lowest BCUT2D eigenvalue weighted by molar-refractivity contribution is -0.121. The van der Waals surface area contributed by atoms with E-state index in [2.05, 4.69) is 5.32 Å². The van der Waals surface area contributed by atoms with Crippen molar-refractivity contribution >= 4 is 45.0 Å². The number of carbonyl (C=O) groups is 1. The number of methoxy groups -OCH3 is 1. The Hall–Kier alpha value is -1.84. The molecule has 0 fully saturated rings. The highest BCUT2D eigenvalue weighted by molar-refractivity contribution is 7.98. The fraction of sp³-hybridized carbons (Fsp3) is 0.389. The third kappa shape index (κ3) is 6.08. The third-order valence-electron chi connectivity index (χ3n) is 3.84. The molecule has 1 atom stereocenters. The van der Waals surface area contributed by atoms with Crippen LogP contribution in [0.5, 0.6) is 5.75 Å². The number of hydrogen-bond donors (Lipinski definition) is 1. The molecule has 1 heterocycles. The molecular weight excluding hydrogens is 424 g/mol. The van der Waals surface area contributed by atoms with E-state index in [9.17, 15) is 13.2 Å². The first-order valence-electron chi connectivity index (χ1n) is 8.45. The Kier molecular flexibility index (Phi) is 8.09. The molecule has 1 aromatic carbocycles. The zero-order chi connectivity index (χ0) is 20.7. The van der Waals surface area contributed by atoms with Crippen molar-refractivity contribution in [2.45, 2.75) is 18.7 Å². The smallest absolute Gasteiger partial charge is 0.243 e. The van der Waals surface area contributed by atoms with Gasteiger partial charge in [0.2, 0.25) is 15.9 Å². The standard InChI is InChI=1S/C18H23ClN2O5S2/c1-13(18(22)20-8-10-27-12-15-5-4-9-26-15)21(28(3,23)24)16-11-14(19)6-7-17(16)25-2/h4-7,9,11,13H,8,10,12H2,1-3H3,(H,20,22)/t13-/m0/s1. The highest BCUT2D eigenvalue weighted by atomic mass is 35.5. The molecule has 0 radical (unpaired) electrons. The van der Waals surface area contributed by atoms with Gasteiger partial charge in [0.15, 0.2) is 0 Å². The zero-order valence-corrected chi connectivity index (χ0v) is 18.2. The van der Waals surface area contributed by atoms with Crippen molar-refractivity contribution in [2.24, 2.45) is 0 Å². The topological polar surface area (TPSA) is 88.8 Å². The maximum atomic E-state index is 12.6. The van der Waals surface area contributed by atoms with E-state index in [1.165, 1.54) is 20.1 Å². The maximum absolute atomic E-state index is 12.6. The molecule has 154 valence electrons. The number of anilines is 1. The van der Waals surface area contributed by atoms with Gasteiger partial charge in [0.25, 0.3) is 0 Å². The van der Waals surface area contributed by atoms with E-state index in [1.807, 2.05) is 12.1 Å². The van der Waals surface area contributed by atoms with Crippen LogP contribution in [0.15, 0.2) is 41.0 Å². The average molecular weight is 447 g/mol. The molecule has 0 saturated carbocycles. The van der Waals surface area contributed by atoms with Crippen LogP contribution in [0.2, 0.25) is 5.02 Å². The number of sulfonamides is 1. The summed E-state index contributed by atoms with van der Waals surface area (Å²) in [6.07, 6.45) is 2.65. The predicted octanol–water partition coefficient (Wildman–Crippen LogP) is 3.15. The van der Waals surface area contributed by atoms with Crippen LogP contribution in [0.4, 0.5) is 5.69 Å². The molecule has 0 saturated heterocycles. The number of nitrogens with one attached hydrogen (secondary N) is 1. The summed E-state index contributed by atoms with van der Waals surface area (Å²) in [5, 5.41) is 3.11. The summed E-state index contributed by atoms with van der Waals surface area (Å²) >= 11 is 7.63. The van der Waals surface area contributed by atoms with Crippen molar-refractivity contribution in [1.82, 2.24) is 5.32 Å². The molecule has 1 amide bonds. The second-order valence-electron chi connectivity index (χ2n) is 5.97. The Morgan fingerprint density at radius 1 is 1.39 bits per heavy atom. The highest BCUT2D eigenvalue weighted by Crippen LogP contribution is 2.34. The normalized spacial score (nSPS) is 12.4. The lowest BCUT2D eigenvalue weighted by atomic mass is 10.2. The molecule has 2 rings (SSSR count). The highest BCUT2D eigenvalue weighted by Gasteiger charge is 2.31. The number of carbonyl (C=O) groups excluding carboxylic acids is 1. The second-order valence-corrected chi connectivity index (χ2v) is 9.37. The van der Waals surface area contributed by atoms with Gasteiger partial charge in [-0.15, -0.1) is 0 Å². The molecule has 0 aliphatic rings. The molecule has 2 aromatic rings. The number of benzene rings is 1. The van der Waals surface area contributed by atoms with E-state index < -0.39 is 22.0 Å². The lowest BCUT2D eigenvalue weighted by Crippen LogP contribution is -2.48. The first kappa shape index (κ1) is 22.4. The van der Waals surface area contributed by atoms with Crippen molar-refractivity contribution in [1.29, 1.82) is 0 Å². The van der Waals surface area contributed by atoms with Gasteiger partial charge in [-0.25, -0.2) is 8.42 Å². The summed E-state index contributed by atoms with van der Waals surface area (Å²) in [5.74, 6) is 2.13. The zero-order valence-electron chi connectivity index (χ0n) is 15.8. The average Bonchev–Trinajstić information content (AvgIpc) is 3.14. The summed E-state index contributed by atoms with van der Waals surface area (Å²) < 4.78 is 36.3. The van der Waals surface area contributed by atoms with E-state index in [0.29, 0.717) is 28.8 Å². The van der Waals surface area contributed by atoms with Crippen LogP contribution < -0.4 is 14.4 Å². The summed E-state index contributed by atoms with van der Waals surface area (Å²) in [6, 6.07) is 7.35. The number of thioether (sulfide) groups is 1. The van der Waals surface area contributed by atoms with Gasteiger partial charge in [0, 0.05) is 17.3 Å². The van der Waals surface area contributed by atoms with E-state index in [-0.39, 0.29) is 5.69 Å². The van der Waals surface area contributed by atoms with Gasteiger partial charge in [-0.1, -0.05) is 11.6 Å². The van der Waals surface area contributed by atoms with Gasteiger partial charge >= 0.3 is 0 Å². The quantitative estimate of drug-likeness (QED) is 0.564. The molecule has 0 spiro atoms. The van der Waals surface area contributed by atoms with Crippen LogP contribution in [-0.4, -0.2) is 46.0 Å². The number of rotatable bonds is 10. The first-order chi connectivity index (χ1) is 13.2. The van der Waals surface area contributed by atoms with Crippen molar-refractivity contribution in [3.8, 4) is 5.75 Å². The van der Waals surface area contributed by atoms with Crippen molar-refractivity contribution in [3.05, 3.63) is 47.4 Å². The first-order valence-corrected chi connectivity index (χ1v) is 11.8. The van der Waals surface area contributed by atoms with E-state index >= 15 is 0 Å². The summed E-state index contributed by atoms with van der Waals surface area (Å²) in [7, 11) is -2.34. The van der Waals surface area contributed by atoms with E-state index in [4.69, 9.17) is 20.8 Å². The molecule has 0 bridgehead atoms. The molecule has 0 aliphatic carbocycles. The van der Waals surface area contributed by atoms with Crippen LogP contribution in [0.25, 0.3) is 0 Å². The minimum Gasteiger partial charge on any atom is -0.495 e. The fourth-order valence-corrected chi connectivity index (χ4v) is 4.67. The fourth-order valence-electron chi connectivity index (χ4n) is 2.58. The Morgan fingerprint density at radius 3 is 2.75 bits per heavy atom. The van der Waals surface area contributed by atoms with Crippen molar-refractivity contribution < 1.29 is 22.4 Å². The third-order valence-corrected chi connectivity index (χ3v) is 6.28. The van der Waals surface area contributed by atoms with Crippen LogP contribution in [0.3, 0.4) is 0 Å². The molecule has 0 unspecified atom stereocenters. The van der Waals surface area contributed by atoms with Gasteiger partial charge < -0.3 is 14.5 Å².